The SMILES string of the molecule is COc1ccccc1[C@@H]1C(C(=O)O)[C@@H](c2ccccc2OC)C1C(=O)Oc1cccc(-c2ccc(F)cc2)c1. The number of hydrogen-bond acceptors (Lipinski definition) is 5. The maximum Gasteiger partial charge on any atom is 0.315 e. The van der Waals surface area contributed by atoms with Crippen LogP contribution in [0.15, 0.2) is 97.1 Å². The number of rotatable bonds is 8. The van der Waals surface area contributed by atoms with E-state index in [4.69, 9.17) is 14.2 Å². The van der Waals surface area contributed by atoms with Crippen molar-refractivity contribution in [2.24, 2.45) is 11.8 Å². The highest BCUT2D eigenvalue weighted by atomic mass is 19.1. The smallest absolute Gasteiger partial charge is 0.315 e. The van der Waals surface area contributed by atoms with Crippen LogP contribution in [0, 0.1) is 17.7 Å². The van der Waals surface area contributed by atoms with Gasteiger partial charge in [-0.1, -0.05) is 60.7 Å². The number of carboxylic acid groups (broad SMARTS) is 1. The minimum atomic E-state index is -1.02. The Kier molecular flexibility index (Phi) is 7.32. The monoisotopic (exact) mass is 526 g/mol. The molecule has 1 aliphatic rings. The first-order valence-electron chi connectivity index (χ1n) is 12.5. The van der Waals surface area contributed by atoms with Gasteiger partial charge < -0.3 is 19.3 Å². The van der Waals surface area contributed by atoms with Gasteiger partial charge in [-0.2, -0.15) is 0 Å². The Labute approximate surface area is 225 Å². The van der Waals surface area contributed by atoms with E-state index in [9.17, 15) is 19.1 Å². The fraction of sp³-hybridized carbons (Fsp3) is 0.188. The van der Waals surface area contributed by atoms with E-state index in [0.29, 0.717) is 28.4 Å². The molecular weight excluding hydrogens is 499 g/mol. The van der Waals surface area contributed by atoms with Gasteiger partial charge in [0.25, 0.3) is 0 Å². The van der Waals surface area contributed by atoms with Crippen LogP contribution in [-0.2, 0) is 9.59 Å². The van der Waals surface area contributed by atoms with Crippen LogP contribution in [0.4, 0.5) is 4.39 Å². The second-order valence-electron chi connectivity index (χ2n) is 9.38. The van der Waals surface area contributed by atoms with E-state index in [1.54, 1.807) is 78.9 Å². The summed E-state index contributed by atoms with van der Waals surface area (Å²) in [5.74, 6) is -3.75. The topological polar surface area (TPSA) is 82.1 Å². The highest BCUT2D eigenvalue weighted by Gasteiger charge is 2.60. The highest BCUT2D eigenvalue weighted by Crippen LogP contribution is 2.60. The molecule has 4 aromatic carbocycles. The number of aliphatic carboxylic acids is 1. The molecule has 4 aromatic rings. The highest BCUT2D eigenvalue weighted by molar-refractivity contribution is 5.86. The average molecular weight is 527 g/mol. The molecule has 1 aliphatic carbocycles. The molecule has 39 heavy (non-hydrogen) atoms. The molecule has 7 heteroatoms. The number of carboxylic acids is 1. The summed E-state index contributed by atoms with van der Waals surface area (Å²) in [6.07, 6.45) is 0. The maximum atomic E-state index is 13.9. The third-order valence-corrected chi connectivity index (χ3v) is 7.33. The number of esters is 1. The van der Waals surface area contributed by atoms with Gasteiger partial charge in [0.15, 0.2) is 0 Å². The molecule has 0 amide bonds. The van der Waals surface area contributed by atoms with Crippen molar-refractivity contribution in [3.63, 3.8) is 0 Å². The largest absolute Gasteiger partial charge is 0.496 e. The number of carbonyl (C=O) groups excluding carboxylic acids is 1. The fourth-order valence-corrected chi connectivity index (χ4v) is 5.57. The molecule has 0 saturated heterocycles. The summed E-state index contributed by atoms with van der Waals surface area (Å²) in [5.41, 5.74) is 2.77. The molecule has 1 saturated carbocycles. The quantitative estimate of drug-likeness (QED) is 0.214. The Bertz CT molecular complexity index is 1440. The van der Waals surface area contributed by atoms with E-state index in [0.717, 1.165) is 11.1 Å². The predicted octanol–water partition coefficient (Wildman–Crippen LogP) is 6.31. The number of para-hydroxylation sites is 2. The van der Waals surface area contributed by atoms with Crippen LogP contribution >= 0.6 is 0 Å². The second kappa shape index (κ2) is 11.0. The van der Waals surface area contributed by atoms with Crippen LogP contribution in [-0.4, -0.2) is 31.3 Å². The van der Waals surface area contributed by atoms with Gasteiger partial charge in [0.05, 0.1) is 26.1 Å². The lowest BCUT2D eigenvalue weighted by atomic mass is 9.52. The van der Waals surface area contributed by atoms with Gasteiger partial charge in [-0.05, 0) is 58.7 Å². The standard InChI is InChI=1S/C32H27FO6/c1-37-25-12-5-3-10-23(25)27-29(31(34)35)28(24-11-4-6-13-26(24)38-2)30(27)32(36)39-22-9-7-8-20(18-22)19-14-16-21(33)17-15-19/h3-18,27-30H,1-2H3,(H,34,35)/t27-,28-,29?,30?/m1/s1. The summed E-state index contributed by atoms with van der Waals surface area (Å²) in [6.45, 7) is 0. The van der Waals surface area contributed by atoms with E-state index >= 15 is 0 Å². The molecule has 1 N–H and O–H groups in total. The van der Waals surface area contributed by atoms with Gasteiger partial charge in [0.2, 0.25) is 0 Å². The summed E-state index contributed by atoms with van der Waals surface area (Å²) < 4.78 is 30.4. The Morgan fingerprint density at radius 1 is 0.692 bits per heavy atom. The first-order valence-corrected chi connectivity index (χ1v) is 12.5. The van der Waals surface area contributed by atoms with E-state index < -0.39 is 35.6 Å². The number of carbonyl (C=O) groups is 2. The number of halogens is 1. The third-order valence-electron chi connectivity index (χ3n) is 7.33. The molecule has 0 spiro atoms. The van der Waals surface area contributed by atoms with Crippen LogP contribution in [0.25, 0.3) is 11.1 Å². The second-order valence-corrected chi connectivity index (χ2v) is 9.38. The fourth-order valence-electron chi connectivity index (χ4n) is 5.57. The summed E-state index contributed by atoms with van der Waals surface area (Å²) in [4.78, 5) is 26.5. The summed E-state index contributed by atoms with van der Waals surface area (Å²) >= 11 is 0. The van der Waals surface area contributed by atoms with Crippen molar-refractivity contribution in [3.05, 3.63) is 114 Å². The number of ether oxygens (including phenoxy) is 3. The molecule has 1 fully saturated rings. The molecule has 0 aliphatic heterocycles. The third kappa shape index (κ3) is 4.95. The molecule has 6 nitrogen and oxygen atoms in total. The van der Waals surface area contributed by atoms with Gasteiger partial charge in [0, 0.05) is 11.8 Å². The molecule has 0 bridgehead atoms. The minimum Gasteiger partial charge on any atom is -0.496 e. The summed E-state index contributed by atoms with van der Waals surface area (Å²) in [7, 11) is 3.03. The van der Waals surface area contributed by atoms with Crippen molar-refractivity contribution in [2.75, 3.05) is 14.2 Å². The van der Waals surface area contributed by atoms with Gasteiger partial charge in [-0.25, -0.2) is 4.39 Å². The van der Waals surface area contributed by atoms with E-state index in [2.05, 4.69) is 0 Å². The van der Waals surface area contributed by atoms with Crippen molar-refractivity contribution in [1.29, 1.82) is 0 Å². The molecule has 5 rings (SSSR count). The Balaban J connectivity index is 1.55. The average Bonchev–Trinajstić information content (AvgIpc) is 2.93. The van der Waals surface area contributed by atoms with Crippen LogP contribution in [0.1, 0.15) is 23.0 Å². The Morgan fingerprint density at radius 2 is 1.26 bits per heavy atom. The van der Waals surface area contributed by atoms with Gasteiger partial charge >= 0.3 is 11.9 Å². The summed E-state index contributed by atoms with van der Waals surface area (Å²) in [5, 5.41) is 10.3. The summed E-state index contributed by atoms with van der Waals surface area (Å²) in [6, 6.07) is 27.2. The van der Waals surface area contributed by atoms with E-state index in [1.165, 1.54) is 26.4 Å². The lowest BCUT2D eigenvalue weighted by Gasteiger charge is -2.49. The van der Waals surface area contributed by atoms with Crippen molar-refractivity contribution < 1.29 is 33.3 Å². The van der Waals surface area contributed by atoms with Crippen molar-refractivity contribution in [3.8, 4) is 28.4 Å². The van der Waals surface area contributed by atoms with Gasteiger partial charge in [0.1, 0.15) is 23.1 Å². The molecule has 0 unspecified atom stereocenters. The van der Waals surface area contributed by atoms with Crippen LogP contribution in [0.5, 0.6) is 17.2 Å². The van der Waals surface area contributed by atoms with Gasteiger partial charge in [-0.15, -0.1) is 0 Å². The first-order chi connectivity index (χ1) is 18.9. The number of hydrogen-bond donors (Lipinski definition) is 1. The first kappa shape index (κ1) is 26.0. The predicted molar refractivity (Wildman–Crippen MR) is 144 cm³/mol. The van der Waals surface area contributed by atoms with Crippen molar-refractivity contribution in [2.45, 2.75) is 11.8 Å². The lowest BCUT2D eigenvalue weighted by molar-refractivity contribution is -0.158. The lowest BCUT2D eigenvalue weighted by Crippen LogP contribution is -2.52. The Hall–Kier alpha value is -4.65. The molecular formula is C32H27FO6. The van der Waals surface area contributed by atoms with Crippen LogP contribution in [0.2, 0.25) is 0 Å². The molecule has 2 atom stereocenters. The maximum absolute atomic E-state index is 13.9. The zero-order valence-corrected chi connectivity index (χ0v) is 21.4. The molecule has 0 aromatic heterocycles. The molecule has 0 radical (unpaired) electrons. The van der Waals surface area contributed by atoms with E-state index in [1.807, 2.05) is 6.07 Å². The Morgan fingerprint density at radius 3 is 1.79 bits per heavy atom. The zero-order chi connectivity index (χ0) is 27.5. The van der Waals surface area contributed by atoms with Crippen molar-refractivity contribution in [1.82, 2.24) is 0 Å². The van der Waals surface area contributed by atoms with Gasteiger partial charge in [-0.3, -0.25) is 9.59 Å². The number of methoxy groups -OCH3 is 2. The zero-order valence-electron chi connectivity index (χ0n) is 21.4. The van der Waals surface area contributed by atoms with Crippen LogP contribution < -0.4 is 14.2 Å². The number of benzene rings is 4. The molecule has 198 valence electrons. The normalized spacial score (nSPS) is 20.0. The molecule has 0 heterocycles. The minimum absolute atomic E-state index is 0.304. The van der Waals surface area contributed by atoms with E-state index in [-0.39, 0.29) is 5.82 Å². The van der Waals surface area contributed by atoms with Crippen LogP contribution in [0.3, 0.4) is 0 Å². The van der Waals surface area contributed by atoms with Crippen molar-refractivity contribution >= 4 is 11.9 Å².